The number of nitrogens with one attached hydrogen (secondary N) is 1. The fourth-order valence-corrected chi connectivity index (χ4v) is 0.954. The lowest BCUT2D eigenvalue weighted by Gasteiger charge is -2.12. The van der Waals surface area contributed by atoms with Gasteiger partial charge < -0.3 is 5.32 Å². The molecule has 0 aliphatic heterocycles. The van der Waals surface area contributed by atoms with Crippen LogP contribution in [-0.2, 0) is 14.6 Å². The maximum Gasteiger partial charge on any atom is 0.397 e. The predicted octanol–water partition coefficient (Wildman–Crippen LogP) is 1.55. The van der Waals surface area contributed by atoms with Crippen molar-refractivity contribution in [2.24, 2.45) is 0 Å². The molecule has 0 aliphatic rings. The van der Waals surface area contributed by atoms with Gasteiger partial charge in [0.15, 0.2) is 0 Å². The Morgan fingerprint density at radius 1 is 1.38 bits per heavy atom. The third-order valence-electron chi connectivity index (χ3n) is 1.61. The van der Waals surface area contributed by atoms with E-state index in [9.17, 15) is 8.42 Å². The largest absolute Gasteiger partial charge is 0.397 e. The SMILES string of the molecule is C=CCC(CC=C)NCC.COS(=O)(=O)O. The minimum atomic E-state index is -4.16. The second-order valence-corrected chi connectivity index (χ2v) is 4.09. The van der Waals surface area contributed by atoms with Gasteiger partial charge in [0.05, 0.1) is 7.11 Å². The second-order valence-electron chi connectivity index (χ2n) is 2.90. The van der Waals surface area contributed by atoms with Gasteiger partial charge >= 0.3 is 10.4 Å². The summed E-state index contributed by atoms with van der Waals surface area (Å²) in [6.45, 7) is 10.5. The summed E-state index contributed by atoms with van der Waals surface area (Å²) in [6.07, 6.45) is 5.94. The molecule has 0 aromatic rings. The van der Waals surface area contributed by atoms with Gasteiger partial charge in [-0.15, -0.1) is 13.2 Å². The normalized spacial score (nSPS) is 10.5. The zero-order chi connectivity index (χ0) is 13.0. The Kier molecular flexibility index (Phi) is 12.0. The van der Waals surface area contributed by atoms with E-state index in [4.69, 9.17) is 4.55 Å². The van der Waals surface area contributed by atoms with Crippen LogP contribution in [0, 0.1) is 0 Å². The van der Waals surface area contributed by atoms with Crippen LogP contribution in [0.4, 0.5) is 0 Å². The zero-order valence-electron chi connectivity index (χ0n) is 9.85. The molecule has 0 rings (SSSR count). The van der Waals surface area contributed by atoms with Gasteiger partial charge in [0.1, 0.15) is 0 Å². The Morgan fingerprint density at radius 3 is 1.94 bits per heavy atom. The van der Waals surface area contributed by atoms with Gasteiger partial charge in [0.25, 0.3) is 0 Å². The van der Waals surface area contributed by atoms with Gasteiger partial charge in [0, 0.05) is 6.04 Å². The predicted molar refractivity (Wildman–Crippen MR) is 65.7 cm³/mol. The third-order valence-corrected chi connectivity index (χ3v) is 2.03. The van der Waals surface area contributed by atoms with Crippen LogP contribution in [0.5, 0.6) is 0 Å². The first kappa shape index (κ1) is 17.7. The average molecular weight is 251 g/mol. The van der Waals surface area contributed by atoms with Gasteiger partial charge in [-0.2, -0.15) is 8.42 Å². The Hall–Kier alpha value is -0.690. The molecule has 0 saturated carbocycles. The molecule has 6 heteroatoms. The van der Waals surface area contributed by atoms with E-state index >= 15 is 0 Å². The molecule has 0 amide bonds. The van der Waals surface area contributed by atoms with E-state index in [2.05, 4.69) is 29.6 Å². The van der Waals surface area contributed by atoms with Crippen LogP contribution >= 0.6 is 0 Å². The quantitative estimate of drug-likeness (QED) is 0.530. The molecular formula is C10H21NO4S. The van der Waals surface area contributed by atoms with E-state index in [1.54, 1.807) is 0 Å². The van der Waals surface area contributed by atoms with Crippen LogP contribution in [-0.4, -0.2) is 32.7 Å². The lowest BCUT2D eigenvalue weighted by Crippen LogP contribution is -2.27. The van der Waals surface area contributed by atoms with Gasteiger partial charge in [-0.3, -0.25) is 8.74 Å². The lowest BCUT2D eigenvalue weighted by atomic mass is 10.1. The Balaban J connectivity index is 0. The summed E-state index contributed by atoms with van der Waals surface area (Å²) < 4.78 is 29.7. The molecule has 2 N–H and O–H groups in total. The summed E-state index contributed by atoms with van der Waals surface area (Å²) in [5, 5.41) is 3.34. The number of hydrogen-bond donors (Lipinski definition) is 2. The zero-order valence-corrected chi connectivity index (χ0v) is 10.7. The van der Waals surface area contributed by atoms with E-state index in [-0.39, 0.29) is 0 Å². The van der Waals surface area contributed by atoms with Gasteiger partial charge in [-0.05, 0) is 19.4 Å². The highest BCUT2D eigenvalue weighted by Gasteiger charge is 1.99. The Morgan fingerprint density at radius 2 is 1.75 bits per heavy atom. The number of hydrogen-bond acceptors (Lipinski definition) is 4. The third kappa shape index (κ3) is 15.8. The first-order valence-electron chi connectivity index (χ1n) is 4.89. The highest BCUT2D eigenvalue weighted by atomic mass is 32.3. The summed E-state index contributed by atoms with van der Waals surface area (Å²) in [7, 11) is -3.29. The molecule has 0 fully saturated rings. The first-order valence-corrected chi connectivity index (χ1v) is 6.25. The fourth-order valence-electron chi connectivity index (χ4n) is 0.954. The molecule has 16 heavy (non-hydrogen) atoms. The highest BCUT2D eigenvalue weighted by molar-refractivity contribution is 7.80. The summed E-state index contributed by atoms with van der Waals surface area (Å²) in [4.78, 5) is 0. The molecule has 0 aliphatic carbocycles. The van der Waals surface area contributed by atoms with Crippen molar-refractivity contribution in [1.82, 2.24) is 5.32 Å². The maximum absolute atomic E-state index is 9.33. The second kappa shape index (κ2) is 10.8. The van der Waals surface area contributed by atoms with Crippen molar-refractivity contribution in [3.8, 4) is 0 Å². The molecule has 0 bridgehead atoms. The minimum absolute atomic E-state index is 0.542. The molecule has 0 radical (unpaired) electrons. The average Bonchev–Trinajstić information content (AvgIpc) is 2.19. The standard InChI is InChI=1S/C9H17N.CH4O4S/c1-4-7-9(8-5-2)10-6-3;1-5-6(2,3)4/h4-5,9-10H,1-2,6-8H2,3H3;1H3,(H,2,3,4). The van der Waals surface area contributed by atoms with E-state index in [0.29, 0.717) is 6.04 Å². The topological polar surface area (TPSA) is 75.6 Å². The van der Waals surface area contributed by atoms with Crippen molar-refractivity contribution < 1.29 is 17.2 Å². The van der Waals surface area contributed by atoms with Crippen molar-refractivity contribution in [2.75, 3.05) is 13.7 Å². The van der Waals surface area contributed by atoms with Crippen molar-refractivity contribution in [3.05, 3.63) is 25.3 Å². The van der Waals surface area contributed by atoms with E-state index in [0.717, 1.165) is 26.5 Å². The molecule has 0 aromatic heterocycles. The van der Waals surface area contributed by atoms with Crippen LogP contribution in [0.1, 0.15) is 19.8 Å². The van der Waals surface area contributed by atoms with Crippen LogP contribution in [0.25, 0.3) is 0 Å². The van der Waals surface area contributed by atoms with Crippen molar-refractivity contribution in [2.45, 2.75) is 25.8 Å². The van der Waals surface area contributed by atoms with Crippen LogP contribution in [0.3, 0.4) is 0 Å². The summed E-state index contributed by atoms with van der Waals surface area (Å²) in [5.74, 6) is 0. The van der Waals surface area contributed by atoms with Crippen LogP contribution in [0.2, 0.25) is 0 Å². The van der Waals surface area contributed by atoms with E-state index in [1.807, 2.05) is 12.2 Å². The van der Waals surface area contributed by atoms with Gasteiger partial charge in [-0.1, -0.05) is 19.1 Å². The number of rotatable bonds is 7. The van der Waals surface area contributed by atoms with E-state index < -0.39 is 10.4 Å². The van der Waals surface area contributed by atoms with Crippen LogP contribution < -0.4 is 5.32 Å². The smallest absolute Gasteiger partial charge is 0.314 e. The van der Waals surface area contributed by atoms with Crippen LogP contribution in [0.15, 0.2) is 25.3 Å². The summed E-state index contributed by atoms with van der Waals surface area (Å²) in [5.41, 5.74) is 0. The molecular weight excluding hydrogens is 230 g/mol. The van der Waals surface area contributed by atoms with Gasteiger partial charge in [-0.25, -0.2) is 0 Å². The lowest BCUT2D eigenvalue weighted by molar-refractivity contribution is 0.324. The highest BCUT2D eigenvalue weighted by Crippen LogP contribution is 1.98. The van der Waals surface area contributed by atoms with Crippen molar-refractivity contribution in [1.29, 1.82) is 0 Å². The molecule has 0 aromatic carbocycles. The first-order chi connectivity index (χ1) is 7.41. The van der Waals surface area contributed by atoms with E-state index in [1.165, 1.54) is 0 Å². The molecule has 0 unspecified atom stereocenters. The molecule has 5 nitrogen and oxygen atoms in total. The molecule has 96 valence electrons. The van der Waals surface area contributed by atoms with Gasteiger partial charge in [0.2, 0.25) is 0 Å². The summed E-state index contributed by atoms with van der Waals surface area (Å²) in [6, 6.07) is 0.542. The molecule has 0 heterocycles. The molecule has 0 atom stereocenters. The summed E-state index contributed by atoms with van der Waals surface area (Å²) >= 11 is 0. The minimum Gasteiger partial charge on any atom is -0.314 e. The van der Waals surface area contributed by atoms with Crippen molar-refractivity contribution in [3.63, 3.8) is 0 Å². The Bertz CT molecular complexity index is 265. The fraction of sp³-hybridized carbons (Fsp3) is 0.600. The molecule has 0 saturated heterocycles. The Labute approximate surface area is 98.2 Å². The molecule has 0 spiro atoms. The maximum atomic E-state index is 9.33. The van der Waals surface area contributed by atoms with Crippen molar-refractivity contribution >= 4 is 10.4 Å². The monoisotopic (exact) mass is 251 g/mol.